The number of hydrogen-bond acceptors (Lipinski definition) is 3. The number of ether oxygens (including phenoxy) is 1. The molecular weight excluding hydrogens is 399 g/mol. The maximum Gasteiger partial charge on any atom is 0.310 e. The predicted octanol–water partition coefficient (Wildman–Crippen LogP) is 3.10. The van der Waals surface area contributed by atoms with Gasteiger partial charge in [-0.2, -0.15) is 0 Å². The van der Waals surface area contributed by atoms with E-state index in [1.807, 2.05) is 0 Å². The number of hydrogen-bond donors (Lipinski definition) is 0. The Bertz CT molecular complexity index is 415. The van der Waals surface area contributed by atoms with Crippen LogP contribution >= 0.6 is 38.5 Å². The summed E-state index contributed by atoms with van der Waals surface area (Å²) in [6.45, 7) is 0. The molecule has 1 rings (SSSR count). The minimum atomic E-state index is -2.63. The molecule has 0 bridgehead atoms. The van der Waals surface area contributed by atoms with Gasteiger partial charge in [-0.05, 0) is 44.1 Å². The molecule has 0 fully saturated rings. The lowest BCUT2D eigenvalue weighted by Gasteiger charge is -2.08. The molecule has 16 heavy (non-hydrogen) atoms. The first-order chi connectivity index (χ1) is 7.47. The minimum absolute atomic E-state index is 0.00357. The first kappa shape index (κ1) is 13.8. The van der Waals surface area contributed by atoms with Crippen LogP contribution in [0.5, 0.6) is 0 Å². The highest BCUT2D eigenvalue weighted by atomic mass is 127. The average molecular weight is 406 g/mol. The topological polar surface area (TPSA) is 39.2 Å². The van der Waals surface area contributed by atoms with Crippen LogP contribution in [0, 0.1) is 3.57 Å². The zero-order valence-corrected chi connectivity index (χ0v) is 11.9. The fraction of sp³-hybridized carbons (Fsp3) is 0.333. The van der Waals surface area contributed by atoms with E-state index in [9.17, 15) is 13.6 Å². The van der Waals surface area contributed by atoms with Gasteiger partial charge >= 0.3 is 5.97 Å². The number of aromatic nitrogens is 1. The molecule has 0 radical (unpaired) electrons. The van der Waals surface area contributed by atoms with E-state index in [0.717, 1.165) is 0 Å². The lowest BCUT2D eigenvalue weighted by molar-refractivity contribution is -0.139. The standard InChI is InChI=1S/C9H7BrF2INO2/c1-16-5(15)2-4-3-14-8(9(11)12)7(13)6(4)10/h3,9H,2H2,1H3. The van der Waals surface area contributed by atoms with Crippen LogP contribution in [0.1, 0.15) is 17.7 Å². The van der Waals surface area contributed by atoms with Gasteiger partial charge in [-0.25, -0.2) is 8.78 Å². The van der Waals surface area contributed by atoms with Crippen molar-refractivity contribution >= 4 is 44.5 Å². The Labute approximate surface area is 113 Å². The van der Waals surface area contributed by atoms with Crippen LogP contribution in [0.3, 0.4) is 0 Å². The van der Waals surface area contributed by atoms with E-state index < -0.39 is 12.4 Å². The molecule has 88 valence electrons. The van der Waals surface area contributed by atoms with Gasteiger partial charge in [-0.3, -0.25) is 9.78 Å². The van der Waals surface area contributed by atoms with E-state index in [1.165, 1.54) is 13.3 Å². The second-order valence-corrected chi connectivity index (χ2v) is 4.72. The molecule has 1 heterocycles. The molecule has 0 atom stereocenters. The molecule has 1 aromatic heterocycles. The zero-order valence-electron chi connectivity index (χ0n) is 8.14. The third-order valence-electron chi connectivity index (χ3n) is 1.83. The van der Waals surface area contributed by atoms with Crippen molar-refractivity contribution in [3.05, 3.63) is 25.5 Å². The molecular formula is C9H7BrF2INO2. The van der Waals surface area contributed by atoms with Gasteiger partial charge < -0.3 is 4.74 Å². The number of carbonyl (C=O) groups is 1. The Morgan fingerprint density at radius 3 is 2.81 bits per heavy atom. The zero-order chi connectivity index (χ0) is 12.3. The van der Waals surface area contributed by atoms with E-state index in [2.05, 4.69) is 25.7 Å². The largest absolute Gasteiger partial charge is 0.469 e. The summed E-state index contributed by atoms with van der Waals surface area (Å²) < 4.78 is 30.2. The number of pyridine rings is 1. The number of rotatable bonds is 3. The smallest absolute Gasteiger partial charge is 0.310 e. The van der Waals surface area contributed by atoms with E-state index >= 15 is 0 Å². The second kappa shape index (κ2) is 5.85. The van der Waals surface area contributed by atoms with Crippen LogP contribution in [0.2, 0.25) is 0 Å². The molecule has 7 heteroatoms. The molecule has 0 saturated carbocycles. The summed E-state index contributed by atoms with van der Waals surface area (Å²) >= 11 is 4.93. The van der Waals surface area contributed by atoms with Crippen molar-refractivity contribution in [3.8, 4) is 0 Å². The SMILES string of the molecule is COC(=O)Cc1cnc(C(F)F)c(I)c1Br. The number of alkyl halides is 2. The highest BCUT2D eigenvalue weighted by Crippen LogP contribution is 2.30. The minimum Gasteiger partial charge on any atom is -0.469 e. The van der Waals surface area contributed by atoms with Crippen molar-refractivity contribution in [1.29, 1.82) is 0 Å². The molecule has 0 aromatic carbocycles. The quantitative estimate of drug-likeness (QED) is 0.573. The average Bonchev–Trinajstić information content (AvgIpc) is 2.24. The van der Waals surface area contributed by atoms with Gasteiger partial charge in [0.05, 0.1) is 17.1 Å². The van der Waals surface area contributed by atoms with Gasteiger partial charge in [0.1, 0.15) is 5.69 Å². The Balaban J connectivity index is 3.07. The van der Waals surface area contributed by atoms with Crippen molar-refractivity contribution in [3.63, 3.8) is 0 Å². The van der Waals surface area contributed by atoms with Gasteiger partial charge in [0, 0.05) is 10.7 Å². The van der Waals surface area contributed by atoms with Crippen molar-refractivity contribution < 1.29 is 18.3 Å². The summed E-state index contributed by atoms with van der Waals surface area (Å²) in [5, 5.41) is 0. The van der Waals surface area contributed by atoms with E-state index in [-0.39, 0.29) is 12.1 Å². The Hall–Kier alpha value is -0.310. The molecule has 0 spiro atoms. The van der Waals surface area contributed by atoms with Crippen LogP contribution < -0.4 is 0 Å². The summed E-state index contributed by atoms with van der Waals surface area (Å²) in [5.74, 6) is -0.442. The van der Waals surface area contributed by atoms with Crippen LogP contribution in [-0.4, -0.2) is 18.1 Å². The number of halogens is 4. The lowest BCUT2D eigenvalue weighted by atomic mass is 10.2. The van der Waals surface area contributed by atoms with Crippen LogP contribution in [0.4, 0.5) is 8.78 Å². The maximum absolute atomic E-state index is 12.5. The molecule has 0 aliphatic heterocycles. The van der Waals surface area contributed by atoms with Crippen molar-refractivity contribution in [2.75, 3.05) is 7.11 Å². The Kier molecular flexibility index (Phi) is 5.03. The fourth-order valence-corrected chi connectivity index (χ4v) is 2.18. The van der Waals surface area contributed by atoms with Gasteiger partial charge in [0.15, 0.2) is 0 Å². The summed E-state index contributed by atoms with van der Waals surface area (Å²) in [5.41, 5.74) is 0.238. The van der Waals surface area contributed by atoms with Gasteiger partial charge in [-0.1, -0.05) is 0 Å². The summed E-state index contributed by atoms with van der Waals surface area (Å²) in [6, 6.07) is 0. The molecule has 0 unspecified atom stereocenters. The number of carbonyl (C=O) groups excluding carboxylic acids is 1. The van der Waals surface area contributed by atoms with Crippen molar-refractivity contribution in [2.45, 2.75) is 12.8 Å². The van der Waals surface area contributed by atoms with Crippen LogP contribution in [0.15, 0.2) is 10.7 Å². The summed E-state index contributed by atoms with van der Waals surface area (Å²) in [7, 11) is 1.27. The monoisotopic (exact) mass is 405 g/mol. The maximum atomic E-state index is 12.5. The number of esters is 1. The predicted molar refractivity (Wildman–Crippen MR) is 65.3 cm³/mol. The highest BCUT2D eigenvalue weighted by Gasteiger charge is 2.19. The Morgan fingerprint density at radius 2 is 2.31 bits per heavy atom. The van der Waals surface area contributed by atoms with E-state index in [4.69, 9.17) is 0 Å². The van der Waals surface area contributed by atoms with Crippen LogP contribution in [0.25, 0.3) is 0 Å². The van der Waals surface area contributed by atoms with E-state index in [1.54, 1.807) is 22.6 Å². The molecule has 0 amide bonds. The second-order valence-electron chi connectivity index (χ2n) is 2.85. The van der Waals surface area contributed by atoms with Gasteiger partial charge in [0.25, 0.3) is 6.43 Å². The van der Waals surface area contributed by atoms with Crippen molar-refractivity contribution in [1.82, 2.24) is 4.98 Å². The van der Waals surface area contributed by atoms with Crippen LogP contribution in [-0.2, 0) is 16.0 Å². The fourth-order valence-electron chi connectivity index (χ4n) is 1.02. The lowest BCUT2D eigenvalue weighted by Crippen LogP contribution is -2.07. The molecule has 0 saturated heterocycles. The highest BCUT2D eigenvalue weighted by molar-refractivity contribution is 14.1. The molecule has 0 N–H and O–H groups in total. The van der Waals surface area contributed by atoms with Gasteiger partial charge in [-0.15, -0.1) is 0 Å². The first-order valence-electron chi connectivity index (χ1n) is 4.15. The molecule has 3 nitrogen and oxygen atoms in total. The summed E-state index contributed by atoms with van der Waals surface area (Å²) in [6.07, 6.45) is -1.37. The molecule has 1 aromatic rings. The van der Waals surface area contributed by atoms with Gasteiger partial charge in [0.2, 0.25) is 0 Å². The third-order valence-corrected chi connectivity index (χ3v) is 4.57. The molecule has 0 aliphatic carbocycles. The summed E-state index contributed by atoms with van der Waals surface area (Å²) in [4.78, 5) is 14.7. The van der Waals surface area contributed by atoms with E-state index in [0.29, 0.717) is 13.6 Å². The normalized spacial score (nSPS) is 10.6. The molecule has 0 aliphatic rings. The number of methoxy groups -OCH3 is 1. The Morgan fingerprint density at radius 1 is 1.69 bits per heavy atom. The van der Waals surface area contributed by atoms with Crippen molar-refractivity contribution in [2.24, 2.45) is 0 Å². The first-order valence-corrected chi connectivity index (χ1v) is 6.02. The third kappa shape index (κ3) is 3.09. The number of nitrogens with zero attached hydrogens (tertiary/aromatic N) is 1.